The molecule has 1 unspecified atom stereocenters. The fraction of sp³-hybridized carbons (Fsp3) is 0.417. The molecule has 1 aromatic rings. The molecule has 0 aromatic heterocycles. The lowest BCUT2D eigenvalue weighted by atomic mass is 10.2. The van der Waals surface area contributed by atoms with Gasteiger partial charge in [0.1, 0.15) is 6.07 Å². The zero-order chi connectivity index (χ0) is 14.3. The normalized spacial score (nSPS) is 12.9. The van der Waals surface area contributed by atoms with Crippen LogP contribution in [0.25, 0.3) is 0 Å². The summed E-state index contributed by atoms with van der Waals surface area (Å²) in [7, 11) is -2.28. The van der Waals surface area contributed by atoms with Crippen molar-refractivity contribution in [3.8, 4) is 6.07 Å². The number of aliphatic hydroxyl groups excluding tert-OH is 1. The molecule has 0 radical (unpaired) electrons. The van der Waals surface area contributed by atoms with Crippen molar-refractivity contribution in [3.05, 3.63) is 29.8 Å². The van der Waals surface area contributed by atoms with Crippen LogP contribution in [0.15, 0.2) is 29.2 Å². The molecule has 1 aromatic carbocycles. The highest BCUT2D eigenvalue weighted by atomic mass is 32.2. The highest BCUT2D eigenvalue weighted by Gasteiger charge is 2.17. The van der Waals surface area contributed by atoms with Crippen LogP contribution < -0.4 is 4.72 Å². The smallest absolute Gasteiger partial charge is 0.241 e. The van der Waals surface area contributed by atoms with Crippen molar-refractivity contribution >= 4 is 10.0 Å². The number of ether oxygens (including phenoxy) is 1. The van der Waals surface area contributed by atoms with Crippen LogP contribution in [-0.4, -0.2) is 39.9 Å². The van der Waals surface area contributed by atoms with Crippen LogP contribution >= 0.6 is 0 Å². The second kappa shape index (κ2) is 7.21. The third-order valence-corrected chi connectivity index (χ3v) is 3.94. The van der Waals surface area contributed by atoms with E-state index in [4.69, 9.17) is 10.00 Å². The molecule has 7 heteroatoms. The van der Waals surface area contributed by atoms with Gasteiger partial charge in [-0.05, 0) is 18.6 Å². The SMILES string of the molecule is COCC(O)CCNS(=O)(=O)c1ccccc1C#N. The summed E-state index contributed by atoms with van der Waals surface area (Å²) in [6, 6.07) is 7.79. The lowest BCUT2D eigenvalue weighted by Gasteiger charge is -2.11. The topological polar surface area (TPSA) is 99.4 Å². The van der Waals surface area contributed by atoms with Gasteiger partial charge in [-0.25, -0.2) is 13.1 Å². The summed E-state index contributed by atoms with van der Waals surface area (Å²) in [5, 5.41) is 18.3. The highest BCUT2D eigenvalue weighted by Crippen LogP contribution is 2.13. The summed E-state index contributed by atoms with van der Waals surface area (Å²) in [4.78, 5) is -0.0567. The van der Waals surface area contributed by atoms with Gasteiger partial charge in [-0.3, -0.25) is 0 Å². The maximum absolute atomic E-state index is 12.0. The molecule has 0 heterocycles. The summed E-state index contributed by atoms with van der Waals surface area (Å²) in [5.41, 5.74) is 0.0902. The summed E-state index contributed by atoms with van der Waals surface area (Å²) >= 11 is 0. The van der Waals surface area contributed by atoms with Gasteiger partial charge in [0.25, 0.3) is 0 Å². The van der Waals surface area contributed by atoms with Gasteiger partial charge in [-0.2, -0.15) is 5.26 Å². The molecule has 0 aliphatic rings. The van der Waals surface area contributed by atoms with Crippen LogP contribution in [0.5, 0.6) is 0 Å². The minimum absolute atomic E-state index is 0.0567. The number of nitriles is 1. The van der Waals surface area contributed by atoms with Crippen LogP contribution in [0.2, 0.25) is 0 Å². The van der Waals surface area contributed by atoms with Crippen molar-refractivity contribution in [1.29, 1.82) is 5.26 Å². The van der Waals surface area contributed by atoms with E-state index in [2.05, 4.69) is 4.72 Å². The van der Waals surface area contributed by atoms with Crippen molar-refractivity contribution in [2.24, 2.45) is 0 Å². The first-order valence-corrected chi connectivity index (χ1v) is 7.15. The predicted molar refractivity (Wildman–Crippen MR) is 68.8 cm³/mol. The zero-order valence-corrected chi connectivity index (χ0v) is 11.4. The van der Waals surface area contributed by atoms with E-state index < -0.39 is 16.1 Å². The molecule has 0 bridgehead atoms. The average Bonchev–Trinajstić information content (AvgIpc) is 2.38. The van der Waals surface area contributed by atoms with E-state index in [1.165, 1.54) is 19.2 Å². The van der Waals surface area contributed by atoms with Crippen molar-refractivity contribution in [1.82, 2.24) is 4.72 Å². The third kappa shape index (κ3) is 4.61. The van der Waals surface area contributed by atoms with Crippen molar-refractivity contribution < 1.29 is 18.3 Å². The molecule has 1 atom stereocenters. The molecular weight excluding hydrogens is 268 g/mol. The number of rotatable bonds is 7. The summed E-state index contributed by atoms with van der Waals surface area (Å²) in [5.74, 6) is 0. The maximum Gasteiger partial charge on any atom is 0.241 e. The Morgan fingerprint density at radius 2 is 2.16 bits per heavy atom. The number of hydrogen-bond donors (Lipinski definition) is 2. The van der Waals surface area contributed by atoms with Gasteiger partial charge < -0.3 is 9.84 Å². The quantitative estimate of drug-likeness (QED) is 0.747. The van der Waals surface area contributed by atoms with Crippen molar-refractivity contribution in [3.63, 3.8) is 0 Å². The van der Waals surface area contributed by atoms with Crippen molar-refractivity contribution in [2.45, 2.75) is 17.4 Å². The first-order chi connectivity index (χ1) is 9.01. The molecule has 0 aliphatic heterocycles. The average molecular weight is 284 g/mol. The fourth-order valence-corrected chi connectivity index (χ4v) is 2.71. The van der Waals surface area contributed by atoms with Crippen LogP contribution in [0, 0.1) is 11.3 Å². The molecule has 0 fully saturated rings. The second-order valence-corrected chi connectivity index (χ2v) is 5.64. The standard InChI is InChI=1S/C12H16N2O4S/c1-18-9-11(15)6-7-14-19(16,17)12-5-3-2-4-10(12)8-13/h2-5,11,14-15H,6-7,9H2,1H3. The highest BCUT2D eigenvalue weighted by molar-refractivity contribution is 7.89. The van der Waals surface area contributed by atoms with Crippen LogP contribution in [0.1, 0.15) is 12.0 Å². The summed E-state index contributed by atoms with van der Waals surface area (Å²) < 4.78 is 31.0. The minimum Gasteiger partial charge on any atom is -0.391 e. The van der Waals surface area contributed by atoms with E-state index in [0.717, 1.165) is 0 Å². The molecule has 19 heavy (non-hydrogen) atoms. The first-order valence-electron chi connectivity index (χ1n) is 5.67. The Kier molecular flexibility index (Phi) is 5.92. The largest absolute Gasteiger partial charge is 0.391 e. The molecule has 1 rings (SSSR count). The fourth-order valence-electron chi connectivity index (χ4n) is 1.51. The van der Waals surface area contributed by atoms with E-state index in [0.29, 0.717) is 0 Å². The van der Waals surface area contributed by atoms with E-state index in [1.807, 2.05) is 6.07 Å². The zero-order valence-electron chi connectivity index (χ0n) is 10.5. The Morgan fingerprint density at radius 1 is 1.47 bits per heavy atom. The van der Waals surface area contributed by atoms with Gasteiger partial charge in [-0.15, -0.1) is 0 Å². The lowest BCUT2D eigenvalue weighted by Crippen LogP contribution is -2.29. The van der Waals surface area contributed by atoms with E-state index in [9.17, 15) is 13.5 Å². The van der Waals surface area contributed by atoms with Gasteiger partial charge >= 0.3 is 0 Å². The number of nitrogens with one attached hydrogen (secondary N) is 1. The molecule has 0 spiro atoms. The Morgan fingerprint density at radius 3 is 2.79 bits per heavy atom. The van der Waals surface area contributed by atoms with Crippen molar-refractivity contribution in [2.75, 3.05) is 20.3 Å². The third-order valence-electron chi connectivity index (χ3n) is 2.43. The molecule has 2 N–H and O–H groups in total. The van der Waals surface area contributed by atoms with Gasteiger partial charge in [0.05, 0.1) is 23.2 Å². The minimum atomic E-state index is -3.74. The van der Waals surface area contributed by atoms with Crippen LogP contribution in [-0.2, 0) is 14.8 Å². The van der Waals surface area contributed by atoms with Gasteiger partial charge in [-0.1, -0.05) is 12.1 Å². The number of sulfonamides is 1. The van der Waals surface area contributed by atoms with Gasteiger partial charge in [0.2, 0.25) is 10.0 Å². The summed E-state index contributed by atoms with van der Waals surface area (Å²) in [6.45, 7) is 0.225. The number of nitrogens with zero attached hydrogens (tertiary/aromatic N) is 1. The molecule has 0 amide bonds. The summed E-state index contributed by atoms with van der Waals surface area (Å²) in [6.07, 6.45) is -0.485. The predicted octanol–water partition coefficient (Wildman–Crippen LogP) is 0.234. The molecule has 6 nitrogen and oxygen atoms in total. The van der Waals surface area contributed by atoms with Crippen LogP contribution in [0.4, 0.5) is 0 Å². The van der Waals surface area contributed by atoms with Gasteiger partial charge in [0.15, 0.2) is 0 Å². The molecule has 0 aliphatic carbocycles. The number of benzene rings is 1. The molecule has 0 saturated carbocycles. The lowest BCUT2D eigenvalue weighted by molar-refractivity contribution is 0.0603. The number of aliphatic hydroxyl groups is 1. The van der Waals surface area contributed by atoms with E-state index in [1.54, 1.807) is 12.1 Å². The second-order valence-electron chi connectivity index (χ2n) is 3.90. The molecular formula is C12H16N2O4S. The van der Waals surface area contributed by atoms with E-state index in [-0.39, 0.29) is 30.0 Å². The Bertz CT molecular complexity index is 551. The Balaban J connectivity index is 2.69. The van der Waals surface area contributed by atoms with Gasteiger partial charge in [0, 0.05) is 13.7 Å². The maximum atomic E-state index is 12.0. The molecule has 0 saturated heterocycles. The number of hydrogen-bond acceptors (Lipinski definition) is 5. The van der Waals surface area contributed by atoms with E-state index >= 15 is 0 Å². The van der Waals surface area contributed by atoms with Crippen LogP contribution in [0.3, 0.4) is 0 Å². The first kappa shape index (κ1) is 15.6. The number of methoxy groups -OCH3 is 1. The Hall–Kier alpha value is -1.46. The monoisotopic (exact) mass is 284 g/mol. The Labute approximate surface area is 112 Å². The molecule has 104 valence electrons.